The first-order valence-electron chi connectivity index (χ1n) is 8.10. The van der Waals surface area contributed by atoms with E-state index in [2.05, 4.69) is 15.7 Å². The Morgan fingerprint density at radius 1 is 1.29 bits per heavy atom. The SMILES string of the molecule is CCn1cc(NC(=O)C=CC(=O)O)c(C(=O)NC2CCCCC2)n1. The molecule has 0 aliphatic heterocycles. The minimum absolute atomic E-state index is 0.133. The van der Waals surface area contributed by atoms with Gasteiger partial charge < -0.3 is 15.7 Å². The normalized spacial score (nSPS) is 15.4. The Bertz CT molecular complexity index is 645. The van der Waals surface area contributed by atoms with Crippen molar-refractivity contribution in [3.63, 3.8) is 0 Å². The van der Waals surface area contributed by atoms with Crippen LogP contribution in [0.15, 0.2) is 18.3 Å². The molecule has 0 atom stereocenters. The van der Waals surface area contributed by atoms with E-state index in [1.165, 1.54) is 6.42 Å². The molecule has 0 bridgehead atoms. The number of hydrogen-bond acceptors (Lipinski definition) is 4. The van der Waals surface area contributed by atoms with Gasteiger partial charge in [0.05, 0.1) is 5.69 Å². The number of aromatic nitrogens is 2. The van der Waals surface area contributed by atoms with Crippen LogP contribution in [0.3, 0.4) is 0 Å². The van der Waals surface area contributed by atoms with Crippen molar-refractivity contribution in [2.24, 2.45) is 0 Å². The third kappa shape index (κ3) is 4.94. The Morgan fingerprint density at radius 3 is 2.62 bits per heavy atom. The van der Waals surface area contributed by atoms with Crippen LogP contribution < -0.4 is 10.6 Å². The lowest BCUT2D eigenvalue weighted by molar-refractivity contribution is -0.131. The molecule has 1 saturated carbocycles. The summed E-state index contributed by atoms with van der Waals surface area (Å²) in [5, 5.41) is 18.2. The molecule has 8 nitrogen and oxygen atoms in total. The molecule has 1 aromatic heterocycles. The fourth-order valence-electron chi connectivity index (χ4n) is 2.66. The predicted octanol–water partition coefficient (Wildman–Crippen LogP) is 1.54. The van der Waals surface area contributed by atoms with Crippen molar-refractivity contribution in [2.45, 2.75) is 51.6 Å². The maximum Gasteiger partial charge on any atom is 0.328 e. The average molecular weight is 334 g/mol. The molecule has 8 heteroatoms. The van der Waals surface area contributed by atoms with Gasteiger partial charge in [-0.3, -0.25) is 14.3 Å². The van der Waals surface area contributed by atoms with Gasteiger partial charge in [0.1, 0.15) is 0 Å². The first kappa shape index (κ1) is 17.7. The molecule has 1 fully saturated rings. The van der Waals surface area contributed by atoms with Crippen molar-refractivity contribution in [3.05, 3.63) is 24.0 Å². The van der Waals surface area contributed by atoms with Gasteiger partial charge in [-0.2, -0.15) is 5.10 Å². The van der Waals surface area contributed by atoms with Gasteiger partial charge in [-0.15, -0.1) is 0 Å². The number of rotatable bonds is 6. The lowest BCUT2D eigenvalue weighted by atomic mass is 9.95. The van der Waals surface area contributed by atoms with E-state index in [0.717, 1.165) is 37.8 Å². The molecular formula is C16H22N4O4. The smallest absolute Gasteiger partial charge is 0.328 e. The number of aliphatic carboxylic acids is 1. The molecular weight excluding hydrogens is 312 g/mol. The summed E-state index contributed by atoms with van der Waals surface area (Å²) >= 11 is 0. The lowest BCUT2D eigenvalue weighted by Crippen LogP contribution is -2.36. The van der Waals surface area contributed by atoms with Crippen LogP contribution in [0.25, 0.3) is 0 Å². The third-order valence-electron chi connectivity index (χ3n) is 3.88. The van der Waals surface area contributed by atoms with E-state index in [4.69, 9.17) is 5.11 Å². The van der Waals surface area contributed by atoms with Crippen molar-refractivity contribution >= 4 is 23.5 Å². The maximum absolute atomic E-state index is 12.5. The fourth-order valence-corrected chi connectivity index (χ4v) is 2.66. The third-order valence-corrected chi connectivity index (χ3v) is 3.88. The molecule has 3 N–H and O–H groups in total. The molecule has 0 radical (unpaired) electrons. The molecule has 2 amide bonds. The highest BCUT2D eigenvalue weighted by atomic mass is 16.4. The predicted molar refractivity (Wildman–Crippen MR) is 87.6 cm³/mol. The molecule has 130 valence electrons. The highest BCUT2D eigenvalue weighted by molar-refractivity contribution is 6.06. The number of carbonyl (C=O) groups excluding carboxylic acids is 2. The van der Waals surface area contributed by atoms with Crippen LogP contribution in [0, 0.1) is 0 Å². The average Bonchev–Trinajstić information content (AvgIpc) is 2.97. The van der Waals surface area contributed by atoms with Crippen LogP contribution in [-0.2, 0) is 16.1 Å². The Morgan fingerprint density at radius 2 is 2.00 bits per heavy atom. The number of amides is 2. The number of aryl methyl sites for hydroxylation is 1. The highest BCUT2D eigenvalue weighted by Crippen LogP contribution is 2.19. The van der Waals surface area contributed by atoms with Gasteiger partial charge in [0.15, 0.2) is 5.69 Å². The van der Waals surface area contributed by atoms with E-state index >= 15 is 0 Å². The highest BCUT2D eigenvalue weighted by Gasteiger charge is 2.22. The van der Waals surface area contributed by atoms with Gasteiger partial charge in [-0.05, 0) is 19.8 Å². The summed E-state index contributed by atoms with van der Waals surface area (Å²) in [5.41, 5.74) is 0.407. The van der Waals surface area contributed by atoms with E-state index in [-0.39, 0.29) is 23.3 Å². The van der Waals surface area contributed by atoms with E-state index in [9.17, 15) is 14.4 Å². The second-order valence-corrected chi connectivity index (χ2v) is 5.72. The minimum atomic E-state index is -1.22. The molecule has 2 rings (SSSR count). The molecule has 1 aromatic rings. The van der Waals surface area contributed by atoms with Crippen LogP contribution in [0.1, 0.15) is 49.5 Å². The van der Waals surface area contributed by atoms with Crippen molar-refractivity contribution in [1.29, 1.82) is 0 Å². The molecule has 0 saturated heterocycles. The Balaban J connectivity index is 2.10. The van der Waals surface area contributed by atoms with Gasteiger partial charge >= 0.3 is 5.97 Å². The summed E-state index contributed by atoms with van der Waals surface area (Å²) in [5.74, 6) is -2.17. The molecule has 1 aliphatic rings. The van der Waals surface area contributed by atoms with Crippen molar-refractivity contribution in [3.8, 4) is 0 Å². The zero-order valence-corrected chi connectivity index (χ0v) is 13.6. The van der Waals surface area contributed by atoms with Gasteiger partial charge in [-0.1, -0.05) is 19.3 Å². The first-order chi connectivity index (χ1) is 11.5. The number of carbonyl (C=O) groups is 3. The summed E-state index contributed by atoms with van der Waals surface area (Å²) in [6, 6.07) is 0.133. The second-order valence-electron chi connectivity index (χ2n) is 5.72. The van der Waals surface area contributed by atoms with Crippen molar-refractivity contribution in [2.75, 3.05) is 5.32 Å². The van der Waals surface area contributed by atoms with E-state index < -0.39 is 11.9 Å². The summed E-state index contributed by atoms with van der Waals surface area (Å²) < 4.78 is 1.55. The van der Waals surface area contributed by atoms with Crippen LogP contribution >= 0.6 is 0 Å². The van der Waals surface area contributed by atoms with Crippen molar-refractivity contribution in [1.82, 2.24) is 15.1 Å². The van der Waals surface area contributed by atoms with E-state index in [1.54, 1.807) is 10.9 Å². The number of nitrogens with zero attached hydrogens (tertiary/aromatic N) is 2. The minimum Gasteiger partial charge on any atom is -0.478 e. The first-order valence-corrected chi connectivity index (χ1v) is 8.10. The van der Waals surface area contributed by atoms with E-state index in [0.29, 0.717) is 6.54 Å². The quantitative estimate of drug-likeness (QED) is 0.683. The zero-order chi connectivity index (χ0) is 17.5. The molecule has 1 aliphatic carbocycles. The standard InChI is InChI=1S/C16H22N4O4/c1-2-20-10-12(18-13(21)8-9-14(22)23)15(19-20)16(24)17-11-6-4-3-5-7-11/h8-11H,2-7H2,1H3,(H,17,24)(H,18,21)(H,22,23). The van der Waals surface area contributed by atoms with E-state index in [1.807, 2.05) is 6.92 Å². The maximum atomic E-state index is 12.5. The monoisotopic (exact) mass is 334 g/mol. The van der Waals surface area contributed by atoms with Crippen molar-refractivity contribution < 1.29 is 19.5 Å². The van der Waals surface area contributed by atoms with Gasteiger partial charge in [0.2, 0.25) is 5.91 Å². The van der Waals surface area contributed by atoms with Gasteiger partial charge in [-0.25, -0.2) is 4.79 Å². The summed E-state index contributed by atoms with van der Waals surface area (Å²) in [7, 11) is 0. The molecule has 0 unspecified atom stereocenters. The summed E-state index contributed by atoms with van der Waals surface area (Å²) in [6.07, 6.45) is 8.47. The number of carboxylic acid groups (broad SMARTS) is 1. The summed E-state index contributed by atoms with van der Waals surface area (Å²) in [6.45, 7) is 2.41. The topological polar surface area (TPSA) is 113 Å². The Hall–Kier alpha value is -2.64. The largest absolute Gasteiger partial charge is 0.478 e. The van der Waals surface area contributed by atoms with Crippen LogP contribution in [0.5, 0.6) is 0 Å². The molecule has 1 heterocycles. The number of nitrogens with one attached hydrogen (secondary N) is 2. The number of hydrogen-bond donors (Lipinski definition) is 3. The molecule has 24 heavy (non-hydrogen) atoms. The van der Waals surface area contributed by atoms with Crippen LogP contribution in [-0.4, -0.2) is 38.7 Å². The lowest BCUT2D eigenvalue weighted by Gasteiger charge is -2.22. The van der Waals surface area contributed by atoms with Gasteiger partial charge in [0, 0.05) is 30.9 Å². The number of carboxylic acids is 1. The molecule has 0 aromatic carbocycles. The summed E-state index contributed by atoms with van der Waals surface area (Å²) in [4.78, 5) is 34.7. The second kappa shape index (κ2) is 8.28. The zero-order valence-electron chi connectivity index (χ0n) is 13.6. The molecule has 0 spiro atoms. The van der Waals surface area contributed by atoms with Gasteiger partial charge in [0.25, 0.3) is 5.91 Å². The van der Waals surface area contributed by atoms with Crippen LogP contribution in [0.2, 0.25) is 0 Å². The Kier molecular flexibility index (Phi) is 6.11. The fraction of sp³-hybridized carbons (Fsp3) is 0.500. The number of anilines is 1. The Labute approximate surface area is 139 Å². The van der Waals surface area contributed by atoms with Crippen LogP contribution in [0.4, 0.5) is 5.69 Å².